The van der Waals surface area contributed by atoms with Gasteiger partial charge in [-0.05, 0) is 136 Å². The van der Waals surface area contributed by atoms with Gasteiger partial charge in [0, 0.05) is 74.2 Å². The highest BCUT2D eigenvalue weighted by molar-refractivity contribution is 7.87. The van der Waals surface area contributed by atoms with E-state index in [1.165, 1.54) is 92.2 Å². The molecule has 36 nitrogen and oxygen atoms in total. The first-order valence-electron chi connectivity index (χ1n) is 40.0. The molecule has 6 aromatic carbocycles. The summed E-state index contributed by atoms with van der Waals surface area (Å²) in [6, 6.07) is 0. The zero-order valence-corrected chi connectivity index (χ0v) is 86.2. The molecule has 0 aromatic heterocycles. The average Bonchev–Trinajstić information content (AvgIpc) is 0.799. The maximum atomic E-state index is 11.8. The zero-order valence-electron chi connectivity index (χ0n) is 81.3. The molecule has 0 aliphatic rings. The van der Waals surface area contributed by atoms with Gasteiger partial charge in [-0.25, -0.2) is 50.5 Å². The molecule has 132 heavy (non-hydrogen) atoms. The van der Waals surface area contributed by atoms with Crippen LogP contribution >= 0.6 is 0 Å². The third-order valence-electron chi connectivity index (χ3n) is 21.4. The largest absolute Gasteiger partial charge is 0.744 e. The van der Waals surface area contributed by atoms with Crippen LogP contribution in [0.25, 0.3) is 0 Å². The van der Waals surface area contributed by atoms with Crippen molar-refractivity contribution >= 4 is 60.7 Å². The lowest BCUT2D eigenvalue weighted by Gasteiger charge is -2.26. The standard InChI is InChI=1S/2C15H24O6S.2C14H22O6S.2C13H20O6S.2CH4.4CH3/c1-6-8-10-12(16)14(21-5)13(20-4)11(9(3)7-2)15(10)22(17,18)19;1-6-8-10-11(9(3)7-2)15(22(17,18)19)14(21-5)12(16)13(10)20-4;1-6-8(3)10-12(19-4)13(20-5)11(15)9(7-2)14(10)21(16,17)18;1-6-8(3)10-9(7-2)12(19-4)11(15)13(20-5)14(10)21(16,17)18;1-6-7(2)9-11(18-4)12(19-5)10(14)8(3)13(9)20(15,16)17;1-6-7(2)9-8(3)11(18-4)10(14)12(19-5)13(9)20(15,16)17;;;;;;/h2*9,16H,6-8H2,1-5H3,(H,17,18,19);2*8,15H,6-7H2,1-5H3,(H,16,17,18);2*7,14H,6H2,1-5H3,(H,15,16,17);2*1H4;4*1H3/q;;;;;;;;4*+1/p-6. The van der Waals surface area contributed by atoms with Crippen LogP contribution in [0.15, 0.2) is 29.4 Å². The van der Waals surface area contributed by atoms with E-state index >= 15 is 0 Å². The van der Waals surface area contributed by atoms with Crippen LogP contribution in [0.3, 0.4) is 0 Å². The van der Waals surface area contributed by atoms with Crippen LogP contribution in [0.5, 0.6) is 103 Å². The zero-order chi connectivity index (χ0) is 98.2. The number of aromatic hydroxyl groups is 6. The van der Waals surface area contributed by atoms with Crippen LogP contribution in [-0.4, -0.2) is 194 Å². The van der Waals surface area contributed by atoms with Crippen LogP contribution in [0.1, 0.15) is 279 Å². The lowest BCUT2D eigenvalue weighted by molar-refractivity contribution is 0.323. The topological polar surface area (TPSA) is 575 Å². The second-order valence-electron chi connectivity index (χ2n) is 28.9. The van der Waals surface area contributed by atoms with Crippen molar-refractivity contribution in [3.63, 3.8) is 0 Å². The highest BCUT2D eigenvalue weighted by Gasteiger charge is 2.37. The summed E-state index contributed by atoms with van der Waals surface area (Å²) >= 11 is 0. The minimum absolute atomic E-state index is 0. The number of phenols is 6. The van der Waals surface area contributed by atoms with Crippen molar-refractivity contribution in [1.29, 1.82) is 0 Å². The van der Waals surface area contributed by atoms with Crippen molar-refractivity contribution in [2.75, 3.05) is 85.3 Å². The van der Waals surface area contributed by atoms with Crippen molar-refractivity contribution in [2.24, 2.45) is 0 Å². The van der Waals surface area contributed by atoms with Crippen molar-refractivity contribution in [2.45, 2.75) is 281 Å². The first kappa shape index (κ1) is 133. The molecule has 6 rings (SSSR count). The molecule has 0 heterocycles. The molecule has 6 unspecified atom stereocenters. The molecule has 6 N–H and O–H groups in total. The molecular weight excluding hydrogens is 1850 g/mol. The fraction of sp³-hybridized carbons (Fsp3) is 0.556. The molecule has 6 atom stereocenters. The van der Waals surface area contributed by atoms with E-state index in [0.717, 1.165) is 0 Å². The molecule has 0 saturated carbocycles. The molecule has 760 valence electrons. The Kier molecular flexibility index (Phi) is 57.4. The van der Waals surface area contributed by atoms with E-state index < -0.39 is 108 Å². The normalized spacial score (nSPS) is 12.5. The molecule has 0 fully saturated rings. The highest BCUT2D eigenvalue weighted by Crippen LogP contribution is 2.56. The molecule has 0 radical (unpaired) electrons. The third kappa shape index (κ3) is 29.8. The molecule has 0 bridgehead atoms. The Morgan fingerprint density at radius 1 is 0.235 bits per heavy atom. The quantitative estimate of drug-likeness (QED) is 0.0157. The second-order valence-corrected chi connectivity index (χ2v) is 36.8. The van der Waals surface area contributed by atoms with E-state index in [2.05, 4.69) is 0 Å². The van der Waals surface area contributed by atoms with Crippen LogP contribution in [0, 0.1) is 43.6 Å². The summed E-state index contributed by atoms with van der Waals surface area (Å²) in [6.07, 6.45) is 6.35. The van der Waals surface area contributed by atoms with Gasteiger partial charge in [-0.3, -0.25) is 0 Å². The monoisotopic (exact) mass is 1990 g/mol. The molecule has 0 aliphatic heterocycles. The van der Waals surface area contributed by atoms with Gasteiger partial charge in [0.15, 0.2) is 69.0 Å². The van der Waals surface area contributed by atoms with Gasteiger partial charge in [0.05, 0.1) is 100 Å². The van der Waals surface area contributed by atoms with Crippen LogP contribution in [0.4, 0.5) is 0 Å². The number of benzene rings is 6. The fourth-order valence-electron chi connectivity index (χ4n) is 14.5. The second kappa shape index (κ2) is 56.8. The Morgan fingerprint density at radius 2 is 0.439 bits per heavy atom. The number of hydrogen-bond donors (Lipinski definition) is 6. The van der Waals surface area contributed by atoms with Crippen LogP contribution in [-0.2, 0) is 86.4 Å². The summed E-state index contributed by atoms with van der Waals surface area (Å²) in [4.78, 5) is -2.68. The first-order chi connectivity index (χ1) is 58.4. The van der Waals surface area contributed by atoms with Crippen molar-refractivity contribution < 1.29 is 165 Å². The van der Waals surface area contributed by atoms with E-state index in [4.69, 9.17) is 56.8 Å². The Bertz CT molecular complexity index is 5350. The number of hydrogen-bond acceptors (Lipinski definition) is 36. The number of rotatable bonds is 36. The maximum absolute atomic E-state index is 11.8. The van der Waals surface area contributed by atoms with Gasteiger partial charge in [-0.15, -0.1) is 0 Å². The Morgan fingerprint density at radius 3 is 0.689 bits per heavy atom. The van der Waals surface area contributed by atoms with Crippen molar-refractivity contribution in [3.05, 3.63) is 96.5 Å². The molecule has 6 aromatic rings. The summed E-state index contributed by atoms with van der Waals surface area (Å²) in [7, 11) is -12.9. The predicted octanol–water partition coefficient (Wildman–Crippen LogP) is 17.7. The van der Waals surface area contributed by atoms with E-state index in [9.17, 15) is 108 Å². The summed E-state index contributed by atoms with van der Waals surface area (Å²) in [5.74, 6) is -3.99. The summed E-state index contributed by atoms with van der Waals surface area (Å²) in [5.41, 5.74) is 3.50. The van der Waals surface area contributed by atoms with E-state index in [-0.39, 0.29) is 212 Å². The van der Waals surface area contributed by atoms with Gasteiger partial charge < -0.3 is 115 Å². The predicted molar refractivity (Wildman–Crippen MR) is 503 cm³/mol. The van der Waals surface area contributed by atoms with Gasteiger partial charge in [0.25, 0.3) is 0 Å². The Hall–Kier alpha value is -9.34. The Balaban J connectivity index is -0.000000358. The highest BCUT2D eigenvalue weighted by atomic mass is 32.2. The van der Waals surface area contributed by atoms with Gasteiger partial charge in [0.1, 0.15) is 75.4 Å². The van der Waals surface area contributed by atoms with Crippen LogP contribution < -0.4 is 56.8 Å². The molecule has 0 aliphatic carbocycles. The number of phenolic OH excluding ortho intramolecular Hbond substituents is 6. The van der Waals surface area contributed by atoms with Crippen LogP contribution in [0.2, 0.25) is 0 Å². The maximum Gasteiger partial charge on any atom is 0.203 e. The van der Waals surface area contributed by atoms with Crippen molar-refractivity contribution in [1.82, 2.24) is 0 Å². The SMILES string of the molecule is C.C.CCC(C)c1c(C)c(OC)c(O)c(OC)c1S(=O)(=O)[O-].CCC(C)c1c(OC)c(OC)c(O)c(C)c1S(=O)(=O)[O-].CCCc1c(O)c(OC)c(OC)c(C(C)CC)c1S(=O)(=O)[O-].CCCc1c(OC)c(O)c(OC)c(S(=O)(=O)[O-])c1C(C)CC.CCc1c(O)c(OC)c(OC)c(C(C)CC)c1S(=O)(=O)[O-].CCc1c(OC)c(O)c(OC)c(S(=O)(=O)[O-])c1C(C)CC.[CH3+].[CH3+].[CH3+].[CH3+]. The number of methoxy groups -OCH3 is 12. The first-order valence-corrected chi connectivity index (χ1v) is 48.5. The smallest absolute Gasteiger partial charge is 0.203 e. The lowest BCUT2D eigenvalue weighted by Crippen LogP contribution is -2.13. The summed E-state index contributed by atoms with van der Waals surface area (Å²) < 4.78 is 272. The average molecular weight is 2000 g/mol. The third-order valence-corrected chi connectivity index (χ3v) is 27.1. The molecule has 0 spiro atoms. The van der Waals surface area contributed by atoms with Gasteiger partial charge in [-0.2, -0.15) is 0 Å². The van der Waals surface area contributed by atoms with Gasteiger partial charge in [0.2, 0.25) is 34.5 Å². The minimum Gasteiger partial charge on any atom is -0.744 e. The van der Waals surface area contributed by atoms with E-state index in [0.29, 0.717) is 97.6 Å². The summed E-state index contributed by atoms with van der Waals surface area (Å²) in [6.45, 7) is 32.3. The molecule has 0 amide bonds. The van der Waals surface area contributed by atoms with Gasteiger partial charge >= 0.3 is 0 Å². The van der Waals surface area contributed by atoms with Gasteiger partial charge in [-0.1, -0.05) is 138 Å². The Labute approximate surface area is 787 Å². The fourth-order valence-corrected chi connectivity index (χ4v) is 20.7. The summed E-state index contributed by atoms with van der Waals surface area (Å²) in [5, 5.41) is 61.1. The van der Waals surface area contributed by atoms with E-state index in [1.807, 2.05) is 69.2 Å². The minimum atomic E-state index is -4.81. The van der Waals surface area contributed by atoms with E-state index in [1.54, 1.807) is 48.5 Å². The molecule has 42 heteroatoms. The molecular formula is C90H146O36S6-2. The molecule has 0 saturated heterocycles. The lowest BCUT2D eigenvalue weighted by atomic mass is 9.90. The number of ether oxygens (including phenoxy) is 12. The van der Waals surface area contributed by atoms with Crippen molar-refractivity contribution in [3.8, 4) is 103 Å².